The number of anilines is 2. The molecule has 0 aliphatic carbocycles. The molecule has 0 unspecified atom stereocenters. The molecule has 4 nitrogen and oxygen atoms in total. The Hall–Kier alpha value is -2.63. The van der Waals surface area contributed by atoms with Gasteiger partial charge in [-0.1, -0.05) is 29.8 Å². The quantitative estimate of drug-likeness (QED) is 0.661. The first-order chi connectivity index (χ1) is 12.0. The number of amides is 2. The Morgan fingerprint density at radius 3 is 2.56 bits per heavy atom. The molecule has 3 rings (SSSR count). The van der Waals surface area contributed by atoms with E-state index in [9.17, 15) is 9.59 Å². The third-order valence-corrected chi connectivity index (χ3v) is 4.68. The maximum atomic E-state index is 12.5. The SMILES string of the molecule is Cc1ccc(Cl)cc1NC(=O)c1cccc(NC(=O)c2cccs2)c1. The second-order valence-electron chi connectivity index (χ2n) is 5.43. The van der Waals surface area contributed by atoms with Crippen LogP contribution in [0, 0.1) is 6.92 Å². The summed E-state index contributed by atoms with van der Waals surface area (Å²) in [5.74, 6) is -0.462. The van der Waals surface area contributed by atoms with E-state index in [2.05, 4.69) is 10.6 Å². The van der Waals surface area contributed by atoms with Crippen molar-refractivity contribution >= 4 is 46.1 Å². The topological polar surface area (TPSA) is 58.2 Å². The summed E-state index contributed by atoms with van der Waals surface area (Å²) in [6, 6.07) is 15.7. The van der Waals surface area contributed by atoms with E-state index in [0.29, 0.717) is 26.8 Å². The Morgan fingerprint density at radius 1 is 0.960 bits per heavy atom. The Bertz CT molecular complexity index is 923. The normalized spacial score (nSPS) is 10.3. The largest absolute Gasteiger partial charge is 0.322 e. The van der Waals surface area contributed by atoms with Crippen LogP contribution in [0.5, 0.6) is 0 Å². The maximum absolute atomic E-state index is 12.5. The number of halogens is 1. The zero-order valence-electron chi connectivity index (χ0n) is 13.4. The van der Waals surface area contributed by atoms with Gasteiger partial charge in [0.2, 0.25) is 0 Å². The maximum Gasteiger partial charge on any atom is 0.265 e. The number of rotatable bonds is 4. The van der Waals surface area contributed by atoms with Crippen molar-refractivity contribution < 1.29 is 9.59 Å². The molecule has 0 aliphatic rings. The van der Waals surface area contributed by atoms with Crippen molar-refractivity contribution in [3.05, 3.63) is 81.0 Å². The Kier molecular flexibility index (Phi) is 5.16. The summed E-state index contributed by atoms with van der Waals surface area (Å²) in [5.41, 5.74) is 2.59. The summed E-state index contributed by atoms with van der Waals surface area (Å²) >= 11 is 7.34. The summed E-state index contributed by atoms with van der Waals surface area (Å²) in [4.78, 5) is 25.2. The highest BCUT2D eigenvalue weighted by molar-refractivity contribution is 7.12. The molecule has 0 radical (unpaired) electrons. The van der Waals surface area contributed by atoms with Crippen LogP contribution in [0.4, 0.5) is 11.4 Å². The molecule has 2 amide bonds. The monoisotopic (exact) mass is 370 g/mol. The van der Waals surface area contributed by atoms with E-state index < -0.39 is 0 Å². The molecule has 0 aliphatic heterocycles. The van der Waals surface area contributed by atoms with Gasteiger partial charge in [0.25, 0.3) is 11.8 Å². The molecule has 1 heterocycles. The first kappa shape index (κ1) is 17.2. The van der Waals surface area contributed by atoms with Crippen LogP contribution >= 0.6 is 22.9 Å². The summed E-state index contributed by atoms with van der Waals surface area (Å²) < 4.78 is 0. The molecule has 2 N–H and O–H groups in total. The lowest BCUT2D eigenvalue weighted by atomic mass is 10.1. The smallest absolute Gasteiger partial charge is 0.265 e. The summed E-state index contributed by atoms with van der Waals surface area (Å²) in [6.07, 6.45) is 0. The number of hydrogen-bond donors (Lipinski definition) is 2. The molecular weight excluding hydrogens is 356 g/mol. The third-order valence-electron chi connectivity index (χ3n) is 3.58. The number of thiophene rings is 1. The summed E-state index contributed by atoms with van der Waals surface area (Å²) in [6.45, 7) is 1.89. The number of nitrogens with one attached hydrogen (secondary N) is 2. The van der Waals surface area contributed by atoms with Crippen LogP contribution in [0.3, 0.4) is 0 Å². The predicted octanol–water partition coefficient (Wildman–Crippen LogP) is 5.21. The molecule has 0 saturated heterocycles. The average molecular weight is 371 g/mol. The van der Waals surface area contributed by atoms with Crippen molar-refractivity contribution in [2.24, 2.45) is 0 Å². The molecule has 0 bridgehead atoms. The van der Waals surface area contributed by atoms with Crippen LogP contribution in [0.2, 0.25) is 5.02 Å². The summed E-state index contributed by atoms with van der Waals surface area (Å²) in [5, 5.41) is 8.03. The average Bonchev–Trinajstić information content (AvgIpc) is 3.13. The van der Waals surface area contributed by atoms with E-state index in [0.717, 1.165) is 5.56 Å². The Labute approximate surface area is 154 Å². The van der Waals surface area contributed by atoms with E-state index in [1.807, 2.05) is 24.4 Å². The van der Waals surface area contributed by atoms with Gasteiger partial charge in [0.05, 0.1) is 4.88 Å². The Morgan fingerprint density at radius 2 is 1.80 bits per heavy atom. The van der Waals surface area contributed by atoms with Crippen LogP contribution in [-0.4, -0.2) is 11.8 Å². The number of hydrogen-bond acceptors (Lipinski definition) is 3. The van der Waals surface area contributed by atoms with Gasteiger partial charge in [-0.3, -0.25) is 9.59 Å². The molecule has 0 saturated carbocycles. The molecule has 0 spiro atoms. The molecule has 6 heteroatoms. The molecule has 126 valence electrons. The van der Waals surface area contributed by atoms with Crippen LogP contribution < -0.4 is 10.6 Å². The lowest BCUT2D eigenvalue weighted by molar-refractivity contribution is 0.101. The van der Waals surface area contributed by atoms with E-state index in [1.165, 1.54) is 11.3 Å². The highest BCUT2D eigenvalue weighted by Crippen LogP contribution is 2.21. The molecular formula is C19H15ClN2O2S. The second kappa shape index (κ2) is 7.51. The van der Waals surface area contributed by atoms with Crippen LogP contribution in [0.1, 0.15) is 25.6 Å². The second-order valence-corrected chi connectivity index (χ2v) is 6.81. The van der Waals surface area contributed by atoms with Gasteiger partial charge in [-0.05, 0) is 54.3 Å². The zero-order chi connectivity index (χ0) is 17.8. The van der Waals surface area contributed by atoms with Gasteiger partial charge in [-0.15, -0.1) is 11.3 Å². The predicted molar refractivity (Wildman–Crippen MR) is 103 cm³/mol. The van der Waals surface area contributed by atoms with E-state index >= 15 is 0 Å². The van der Waals surface area contributed by atoms with Crippen molar-refractivity contribution in [3.8, 4) is 0 Å². The van der Waals surface area contributed by atoms with Gasteiger partial charge in [0.15, 0.2) is 0 Å². The van der Waals surface area contributed by atoms with Crippen LogP contribution in [0.15, 0.2) is 60.0 Å². The Balaban J connectivity index is 1.75. The van der Waals surface area contributed by atoms with Gasteiger partial charge in [-0.2, -0.15) is 0 Å². The van der Waals surface area contributed by atoms with Crippen molar-refractivity contribution in [1.29, 1.82) is 0 Å². The standard InChI is InChI=1S/C19H15ClN2O2S/c1-12-7-8-14(20)11-16(12)22-18(23)13-4-2-5-15(10-13)21-19(24)17-6-3-9-25-17/h2-11H,1H3,(H,21,24)(H,22,23). The number of carbonyl (C=O) groups is 2. The highest BCUT2D eigenvalue weighted by Gasteiger charge is 2.11. The first-order valence-electron chi connectivity index (χ1n) is 7.55. The van der Waals surface area contributed by atoms with Crippen molar-refractivity contribution in [3.63, 3.8) is 0 Å². The van der Waals surface area contributed by atoms with Gasteiger partial charge >= 0.3 is 0 Å². The molecule has 0 atom stereocenters. The van der Waals surface area contributed by atoms with Crippen LogP contribution in [-0.2, 0) is 0 Å². The minimum atomic E-state index is -0.266. The molecule has 25 heavy (non-hydrogen) atoms. The lowest BCUT2D eigenvalue weighted by Gasteiger charge is -2.10. The molecule has 0 fully saturated rings. The summed E-state index contributed by atoms with van der Waals surface area (Å²) in [7, 11) is 0. The first-order valence-corrected chi connectivity index (χ1v) is 8.81. The van der Waals surface area contributed by atoms with E-state index in [-0.39, 0.29) is 11.8 Å². The minimum absolute atomic E-state index is 0.196. The fourth-order valence-corrected chi connectivity index (χ4v) is 3.05. The minimum Gasteiger partial charge on any atom is -0.322 e. The fraction of sp³-hybridized carbons (Fsp3) is 0.0526. The third kappa shape index (κ3) is 4.26. The van der Waals surface area contributed by atoms with Gasteiger partial charge in [-0.25, -0.2) is 0 Å². The fourth-order valence-electron chi connectivity index (χ4n) is 2.26. The zero-order valence-corrected chi connectivity index (χ0v) is 14.9. The van der Waals surface area contributed by atoms with Gasteiger partial charge in [0.1, 0.15) is 0 Å². The number of carbonyl (C=O) groups excluding carboxylic acids is 2. The van der Waals surface area contributed by atoms with E-state index in [1.54, 1.807) is 42.5 Å². The number of aryl methyl sites for hydroxylation is 1. The highest BCUT2D eigenvalue weighted by atomic mass is 35.5. The molecule has 2 aromatic carbocycles. The van der Waals surface area contributed by atoms with Crippen molar-refractivity contribution in [1.82, 2.24) is 0 Å². The number of benzene rings is 2. The molecule has 3 aromatic rings. The van der Waals surface area contributed by atoms with E-state index in [4.69, 9.17) is 11.6 Å². The van der Waals surface area contributed by atoms with Gasteiger partial charge in [0, 0.05) is 22.0 Å². The van der Waals surface area contributed by atoms with Crippen molar-refractivity contribution in [2.75, 3.05) is 10.6 Å². The molecule has 1 aromatic heterocycles. The van der Waals surface area contributed by atoms with Crippen molar-refractivity contribution in [2.45, 2.75) is 6.92 Å². The lowest BCUT2D eigenvalue weighted by Crippen LogP contribution is -2.14. The van der Waals surface area contributed by atoms with Crippen LogP contribution in [0.25, 0.3) is 0 Å². The van der Waals surface area contributed by atoms with Gasteiger partial charge < -0.3 is 10.6 Å².